The average molecular weight is 393 g/mol. The molecule has 0 spiro atoms. The van der Waals surface area contributed by atoms with Crippen molar-refractivity contribution < 1.29 is 9.59 Å². The highest BCUT2D eigenvalue weighted by Gasteiger charge is 2.27. The standard InChI is InChI=1S/C22H27N5O2/c1-25-11-13-26(14-12-25)8-4-7-23-16-20-19-15-17(27-9-2-3-10-27)5-6-18(19)21(28)24-22(20)29/h2-3,5-6,9-10,15-16,23H,4,7-8,11-14H2,1H3,(H,24,28,29). The number of fused-ring (bicyclic) bond motifs is 1. The molecule has 0 unspecified atom stereocenters. The monoisotopic (exact) mass is 393 g/mol. The van der Waals surface area contributed by atoms with Crippen LogP contribution in [-0.4, -0.2) is 72.5 Å². The average Bonchev–Trinajstić information content (AvgIpc) is 3.26. The number of imide groups is 1. The summed E-state index contributed by atoms with van der Waals surface area (Å²) in [6.07, 6.45) is 6.62. The second-order valence-electron chi connectivity index (χ2n) is 7.61. The summed E-state index contributed by atoms with van der Waals surface area (Å²) in [5.41, 5.74) is 2.59. The molecule has 7 heteroatoms. The minimum atomic E-state index is -0.362. The molecule has 0 aliphatic carbocycles. The van der Waals surface area contributed by atoms with Crippen molar-refractivity contribution in [2.45, 2.75) is 6.42 Å². The summed E-state index contributed by atoms with van der Waals surface area (Å²) < 4.78 is 1.96. The van der Waals surface area contributed by atoms with Gasteiger partial charge in [-0.25, -0.2) is 0 Å². The van der Waals surface area contributed by atoms with E-state index in [2.05, 4.69) is 27.5 Å². The molecule has 1 saturated heterocycles. The molecule has 152 valence electrons. The van der Waals surface area contributed by atoms with Crippen molar-refractivity contribution in [3.05, 3.63) is 60.1 Å². The fourth-order valence-electron chi connectivity index (χ4n) is 3.77. The number of carbonyl (C=O) groups excluding carboxylic acids is 2. The van der Waals surface area contributed by atoms with Crippen LogP contribution in [0.15, 0.2) is 48.9 Å². The summed E-state index contributed by atoms with van der Waals surface area (Å²) in [7, 11) is 2.16. The fourth-order valence-corrected chi connectivity index (χ4v) is 3.77. The van der Waals surface area contributed by atoms with Gasteiger partial charge in [-0.2, -0.15) is 0 Å². The summed E-state index contributed by atoms with van der Waals surface area (Å²) in [4.78, 5) is 29.5. The third kappa shape index (κ3) is 4.41. The lowest BCUT2D eigenvalue weighted by Crippen LogP contribution is -2.45. The number of likely N-dealkylation sites (N-methyl/N-ethyl adjacent to an activating group) is 1. The molecular formula is C22H27N5O2. The molecule has 2 aliphatic heterocycles. The van der Waals surface area contributed by atoms with Crippen LogP contribution in [0.1, 0.15) is 22.3 Å². The third-order valence-electron chi connectivity index (χ3n) is 5.55. The molecule has 2 aromatic rings. The SMILES string of the molecule is CN1CCN(CCCNC=C2C(=O)NC(=O)c3ccc(-n4cccc4)cc32)CC1. The van der Waals surface area contributed by atoms with Gasteiger partial charge in [0, 0.05) is 68.1 Å². The molecule has 1 fully saturated rings. The Kier molecular flexibility index (Phi) is 5.78. The van der Waals surface area contributed by atoms with Gasteiger partial charge >= 0.3 is 0 Å². The summed E-state index contributed by atoms with van der Waals surface area (Å²) in [6, 6.07) is 9.43. The number of nitrogens with one attached hydrogen (secondary N) is 2. The van der Waals surface area contributed by atoms with Gasteiger partial charge in [0.15, 0.2) is 0 Å². The van der Waals surface area contributed by atoms with E-state index in [-0.39, 0.29) is 11.8 Å². The Morgan fingerprint density at radius 1 is 1.03 bits per heavy atom. The number of piperazine rings is 1. The van der Waals surface area contributed by atoms with Gasteiger partial charge in [0.2, 0.25) is 0 Å². The van der Waals surface area contributed by atoms with Crippen molar-refractivity contribution in [2.24, 2.45) is 0 Å². The molecular weight excluding hydrogens is 366 g/mol. The zero-order valence-corrected chi connectivity index (χ0v) is 16.7. The van der Waals surface area contributed by atoms with E-state index in [4.69, 9.17) is 0 Å². The molecule has 0 atom stereocenters. The van der Waals surface area contributed by atoms with E-state index in [9.17, 15) is 9.59 Å². The van der Waals surface area contributed by atoms with E-state index < -0.39 is 0 Å². The number of rotatable bonds is 6. The number of nitrogens with zero attached hydrogens (tertiary/aromatic N) is 3. The van der Waals surface area contributed by atoms with Crippen LogP contribution in [0.3, 0.4) is 0 Å². The van der Waals surface area contributed by atoms with Gasteiger partial charge < -0.3 is 19.7 Å². The van der Waals surface area contributed by atoms with Gasteiger partial charge in [0.25, 0.3) is 11.8 Å². The quantitative estimate of drug-likeness (QED) is 0.440. The minimum absolute atomic E-state index is 0.351. The number of carbonyl (C=O) groups is 2. The molecule has 2 amide bonds. The first-order valence-corrected chi connectivity index (χ1v) is 10.1. The molecule has 4 rings (SSSR count). The molecule has 0 bridgehead atoms. The van der Waals surface area contributed by atoms with Crippen LogP contribution >= 0.6 is 0 Å². The van der Waals surface area contributed by atoms with Gasteiger partial charge in [-0.1, -0.05) is 0 Å². The van der Waals surface area contributed by atoms with Gasteiger partial charge in [0.1, 0.15) is 0 Å². The Labute approximate surface area is 171 Å². The van der Waals surface area contributed by atoms with Crippen LogP contribution < -0.4 is 10.6 Å². The molecule has 1 aromatic carbocycles. The van der Waals surface area contributed by atoms with Crippen molar-refractivity contribution >= 4 is 17.4 Å². The van der Waals surface area contributed by atoms with Crippen LogP contribution in [0.5, 0.6) is 0 Å². The molecule has 0 radical (unpaired) electrons. The predicted octanol–water partition coefficient (Wildman–Crippen LogP) is 1.32. The van der Waals surface area contributed by atoms with Crippen LogP contribution in [-0.2, 0) is 4.79 Å². The summed E-state index contributed by atoms with van der Waals surface area (Å²) >= 11 is 0. The van der Waals surface area contributed by atoms with E-state index in [1.165, 1.54) is 0 Å². The number of amides is 2. The Bertz CT molecular complexity index is 911. The van der Waals surface area contributed by atoms with Crippen molar-refractivity contribution in [3.8, 4) is 5.69 Å². The topological polar surface area (TPSA) is 69.6 Å². The zero-order valence-electron chi connectivity index (χ0n) is 16.7. The second kappa shape index (κ2) is 8.63. The van der Waals surface area contributed by atoms with E-state index in [0.29, 0.717) is 16.7 Å². The first-order chi connectivity index (χ1) is 14.1. The largest absolute Gasteiger partial charge is 0.390 e. The van der Waals surface area contributed by atoms with E-state index in [1.807, 2.05) is 41.2 Å². The highest BCUT2D eigenvalue weighted by molar-refractivity contribution is 6.31. The summed E-state index contributed by atoms with van der Waals surface area (Å²) in [6.45, 7) is 6.28. The maximum Gasteiger partial charge on any atom is 0.260 e. The number of benzene rings is 1. The third-order valence-corrected chi connectivity index (χ3v) is 5.55. The normalized spacial score (nSPS) is 19.3. The van der Waals surface area contributed by atoms with Crippen molar-refractivity contribution in [2.75, 3.05) is 46.3 Å². The van der Waals surface area contributed by atoms with Crippen LogP contribution in [0.2, 0.25) is 0 Å². The summed E-state index contributed by atoms with van der Waals surface area (Å²) in [5, 5.41) is 5.70. The highest BCUT2D eigenvalue weighted by Crippen LogP contribution is 2.26. The van der Waals surface area contributed by atoms with E-state index in [1.54, 1.807) is 12.3 Å². The lowest BCUT2D eigenvalue weighted by atomic mass is 9.95. The van der Waals surface area contributed by atoms with Crippen molar-refractivity contribution in [1.29, 1.82) is 0 Å². The predicted molar refractivity (Wildman–Crippen MR) is 113 cm³/mol. The molecule has 2 N–H and O–H groups in total. The zero-order chi connectivity index (χ0) is 20.2. The Morgan fingerprint density at radius 2 is 1.79 bits per heavy atom. The molecule has 0 saturated carbocycles. The van der Waals surface area contributed by atoms with E-state index in [0.717, 1.165) is 51.4 Å². The van der Waals surface area contributed by atoms with Crippen LogP contribution in [0, 0.1) is 0 Å². The first kappa shape index (κ1) is 19.4. The first-order valence-electron chi connectivity index (χ1n) is 10.1. The minimum Gasteiger partial charge on any atom is -0.390 e. The molecule has 7 nitrogen and oxygen atoms in total. The van der Waals surface area contributed by atoms with E-state index >= 15 is 0 Å². The molecule has 2 aliphatic rings. The maximum atomic E-state index is 12.4. The lowest BCUT2D eigenvalue weighted by molar-refractivity contribution is -0.114. The molecule has 3 heterocycles. The fraction of sp³-hybridized carbons (Fsp3) is 0.364. The maximum absolute atomic E-state index is 12.4. The smallest absolute Gasteiger partial charge is 0.260 e. The van der Waals surface area contributed by atoms with Crippen LogP contribution in [0.25, 0.3) is 11.3 Å². The molecule has 29 heavy (non-hydrogen) atoms. The Balaban J connectivity index is 1.43. The van der Waals surface area contributed by atoms with Gasteiger partial charge in [-0.05, 0) is 50.3 Å². The number of hydrogen-bond donors (Lipinski definition) is 2. The van der Waals surface area contributed by atoms with Gasteiger partial charge in [-0.15, -0.1) is 0 Å². The van der Waals surface area contributed by atoms with Gasteiger partial charge in [0.05, 0.1) is 5.57 Å². The Morgan fingerprint density at radius 3 is 2.55 bits per heavy atom. The molecule has 1 aromatic heterocycles. The Hall–Kier alpha value is -2.90. The second-order valence-corrected chi connectivity index (χ2v) is 7.61. The van der Waals surface area contributed by atoms with Crippen LogP contribution in [0.4, 0.5) is 0 Å². The highest BCUT2D eigenvalue weighted by atomic mass is 16.2. The number of aromatic nitrogens is 1. The van der Waals surface area contributed by atoms with Crippen molar-refractivity contribution in [1.82, 2.24) is 25.0 Å². The summed E-state index contributed by atoms with van der Waals surface area (Å²) in [5.74, 6) is -0.713. The van der Waals surface area contributed by atoms with Crippen molar-refractivity contribution in [3.63, 3.8) is 0 Å². The number of hydrogen-bond acceptors (Lipinski definition) is 5. The van der Waals surface area contributed by atoms with Gasteiger partial charge in [-0.3, -0.25) is 14.9 Å². The lowest BCUT2D eigenvalue weighted by Gasteiger charge is -2.32.